The summed E-state index contributed by atoms with van der Waals surface area (Å²) < 4.78 is 7.22. The van der Waals surface area contributed by atoms with E-state index in [0.29, 0.717) is 6.54 Å². The molecule has 0 saturated carbocycles. The highest BCUT2D eigenvalue weighted by molar-refractivity contribution is 5.53. The first-order valence-electron chi connectivity index (χ1n) is 4.92. The Morgan fingerprint density at radius 3 is 3.00 bits per heavy atom. The van der Waals surface area contributed by atoms with Gasteiger partial charge in [-0.15, -0.1) is 0 Å². The van der Waals surface area contributed by atoms with E-state index >= 15 is 0 Å². The van der Waals surface area contributed by atoms with Crippen LogP contribution in [-0.4, -0.2) is 21.1 Å². The molecule has 80 valence electrons. The molecule has 2 aromatic rings. The third kappa shape index (κ3) is 2.07. The Kier molecular flexibility index (Phi) is 2.82. The van der Waals surface area contributed by atoms with Gasteiger partial charge in [-0.3, -0.25) is 0 Å². The Balaban J connectivity index is 2.24. The second-order valence-electron chi connectivity index (χ2n) is 3.33. The summed E-state index contributed by atoms with van der Waals surface area (Å²) >= 11 is 0. The van der Waals surface area contributed by atoms with Crippen LogP contribution in [-0.2, 0) is 13.6 Å². The zero-order valence-electron chi connectivity index (χ0n) is 8.90. The van der Waals surface area contributed by atoms with Gasteiger partial charge in [0.2, 0.25) is 0 Å². The fraction of sp³-hybridized carbons (Fsp3) is 0.400. The van der Waals surface area contributed by atoms with Crippen molar-refractivity contribution in [1.29, 1.82) is 0 Å². The number of aromatic nitrogens is 3. The summed E-state index contributed by atoms with van der Waals surface area (Å²) in [7, 11) is 1.93. The highest BCUT2D eigenvalue weighted by Gasteiger charge is 2.12. The molecule has 0 fully saturated rings. The number of oxazole rings is 1. The van der Waals surface area contributed by atoms with Gasteiger partial charge in [0.25, 0.3) is 0 Å². The maximum Gasteiger partial charge on any atom is 0.181 e. The van der Waals surface area contributed by atoms with Crippen molar-refractivity contribution < 1.29 is 4.42 Å². The number of aryl methyl sites for hydroxylation is 1. The van der Waals surface area contributed by atoms with Gasteiger partial charge in [0, 0.05) is 19.8 Å². The summed E-state index contributed by atoms with van der Waals surface area (Å²) in [6, 6.07) is 0. The summed E-state index contributed by atoms with van der Waals surface area (Å²) in [5.41, 5.74) is 1.72. The molecular formula is C10H14N4O. The lowest BCUT2D eigenvalue weighted by atomic mass is 10.3. The Morgan fingerprint density at radius 1 is 1.47 bits per heavy atom. The quantitative estimate of drug-likeness (QED) is 0.816. The van der Waals surface area contributed by atoms with Crippen LogP contribution in [0.2, 0.25) is 0 Å². The van der Waals surface area contributed by atoms with Crippen molar-refractivity contribution in [3.63, 3.8) is 0 Å². The number of hydrogen-bond donors (Lipinski definition) is 1. The molecule has 0 aliphatic carbocycles. The molecule has 0 unspecified atom stereocenters. The molecule has 15 heavy (non-hydrogen) atoms. The number of hydrogen-bond acceptors (Lipinski definition) is 4. The fourth-order valence-electron chi connectivity index (χ4n) is 1.38. The molecule has 2 rings (SSSR count). The van der Waals surface area contributed by atoms with E-state index in [-0.39, 0.29) is 0 Å². The average molecular weight is 206 g/mol. The van der Waals surface area contributed by atoms with Crippen LogP contribution >= 0.6 is 0 Å². The predicted molar refractivity (Wildman–Crippen MR) is 56.1 cm³/mol. The standard InChI is InChI=1S/C10H14N4O/c1-3-11-4-8-10(15-7-13-8)9-5-14(2)6-12-9/h5-7,11H,3-4H2,1-2H3. The van der Waals surface area contributed by atoms with E-state index in [9.17, 15) is 0 Å². The van der Waals surface area contributed by atoms with Crippen molar-refractivity contribution in [3.8, 4) is 11.5 Å². The minimum Gasteiger partial charge on any atom is -0.441 e. The Labute approximate surface area is 88.2 Å². The number of nitrogens with one attached hydrogen (secondary N) is 1. The van der Waals surface area contributed by atoms with Gasteiger partial charge in [-0.2, -0.15) is 0 Å². The molecule has 0 saturated heterocycles. The number of rotatable bonds is 4. The van der Waals surface area contributed by atoms with Gasteiger partial charge in [0.1, 0.15) is 11.4 Å². The summed E-state index contributed by atoms with van der Waals surface area (Å²) in [6.07, 6.45) is 5.11. The van der Waals surface area contributed by atoms with Gasteiger partial charge < -0.3 is 14.3 Å². The molecule has 0 aliphatic rings. The van der Waals surface area contributed by atoms with E-state index < -0.39 is 0 Å². The smallest absolute Gasteiger partial charge is 0.181 e. The van der Waals surface area contributed by atoms with Gasteiger partial charge >= 0.3 is 0 Å². The van der Waals surface area contributed by atoms with Gasteiger partial charge in [0.15, 0.2) is 12.2 Å². The van der Waals surface area contributed by atoms with Crippen LogP contribution in [0.5, 0.6) is 0 Å². The van der Waals surface area contributed by atoms with Crippen LogP contribution in [0, 0.1) is 0 Å². The second kappa shape index (κ2) is 4.27. The number of nitrogens with zero attached hydrogens (tertiary/aromatic N) is 3. The topological polar surface area (TPSA) is 55.9 Å². The first-order chi connectivity index (χ1) is 7.31. The molecule has 0 aromatic carbocycles. The molecule has 2 aromatic heterocycles. The van der Waals surface area contributed by atoms with Crippen LogP contribution in [0.3, 0.4) is 0 Å². The van der Waals surface area contributed by atoms with E-state index in [0.717, 1.165) is 23.7 Å². The first kappa shape index (κ1) is 9.92. The van der Waals surface area contributed by atoms with Gasteiger partial charge in [-0.25, -0.2) is 9.97 Å². The van der Waals surface area contributed by atoms with Gasteiger partial charge in [-0.1, -0.05) is 6.92 Å². The van der Waals surface area contributed by atoms with Crippen LogP contribution in [0.1, 0.15) is 12.6 Å². The molecule has 0 aliphatic heterocycles. The molecule has 0 radical (unpaired) electrons. The molecule has 0 atom stereocenters. The highest BCUT2D eigenvalue weighted by Crippen LogP contribution is 2.20. The lowest BCUT2D eigenvalue weighted by Gasteiger charge is -1.98. The molecule has 0 amide bonds. The van der Waals surface area contributed by atoms with Crippen molar-refractivity contribution in [2.75, 3.05) is 6.54 Å². The Hall–Kier alpha value is -1.62. The van der Waals surface area contributed by atoms with Crippen LogP contribution in [0.4, 0.5) is 0 Å². The zero-order chi connectivity index (χ0) is 10.7. The van der Waals surface area contributed by atoms with Crippen molar-refractivity contribution in [2.45, 2.75) is 13.5 Å². The molecule has 0 spiro atoms. The minimum atomic E-state index is 0.707. The van der Waals surface area contributed by atoms with E-state index in [1.807, 2.05) is 17.8 Å². The average Bonchev–Trinajstić information content (AvgIpc) is 2.82. The van der Waals surface area contributed by atoms with Crippen molar-refractivity contribution in [2.24, 2.45) is 7.05 Å². The molecule has 5 heteroatoms. The maximum atomic E-state index is 5.33. The molecule has 1 N–H and O–H groups in total. The zero-order valence-corrected chi connectivity index (χ0v) is 8.90. The normalized spacial score (nSPS) is 10.8. The number of imidazole rings is 1. The molecule has 2 heterocycles. The van der Waals surface area contributed by atoms with Gasteiger partial charge in [-0.05, 0) is 6.54 Å². The Morgan fingerprint density at radius 2 is 2.33 bits per heavy atom. The van der Waals surface area contributed by atoms with Crippen LogP contribution < -0.4 is 5.32 Å². The molecule has 5 nitrogen and oxygen atoms in total. The highest BCUT2D eigenvalue weighted by atomic mass is 16.3. The summed E-state index contributed by atoms with van der Waals surface area (Å²) in [5, 5.41) is 3.21. The van der Waals surface area contributed by atoms with E-state index in [1.165, 1.54) is 6.39 Å². The SMILES string of the molecule is CCNCc1ncoc1-c1cn(C)cn1. The first-order valence-corrected chi connectivity index (χ1v) is 4.92. The van der Waals surface area contributed by atoms with E-state index in [2.05, 4.69) is 22.2 Å². The molecule has 0 bridgehead atoms. The lowest BCUT2D eigenvalue weighted by Crippen LogP contribution is -2.12. The third-order valence-electron chi connectivity index (χ3n) is 2.12. The maximum absolute atomic E-state index is 5.33. The van der Waals surface area contributed by atoms with Crippen LogP contribution in [0.25, 0.3) is 11.5 Å². The fourth-order valence-corrected chi connectivity index (χ4v) is 1.38. The second-order valence-corrected chi connectivity index (χ2v) is 3.33. The van der Waals surface area contributed by atoms with E-state index in [4.69, 9.17) is 4.42 Å². The lowest BCUT2D eigenvalue weighted by molar-refractivity contribution is 0.568. The minimum absolute atomic E-state index is 0.707. The third-order valence-corrected chi connectivity index (χ3v) is 2.12. The van der Waals surface area contributed by atoms with Crippen molar-refractivity contribution >= 4 is 0 Å². The molecular weight excluding hydrogens is 192 g/mol. The summed E-state index contributed by atoms with van der Waals surface area (Å²) in [6.45, 7) is 3.67. The predicted octanol–water partition coefficient (Wildman–Crippen LogP) is 1.18. The largest absolute Gasteiger partial charge is 0.441 e. The summed E-state index contributed by atoms with van der Waals surface area (Å²) in [5.74, 6) is 0.747. The van der Waals surface area contributed by atoms with E-state index in [1.54, 1.807) is 6.33 Å². The summed E-state index contributed by atoms with van der Waals surface area (Å²) in [4.78, 5) is 8.39. The monoisotopic (exact) mass is 206 g/mol. The van der Waals surface area contributed by atoms with Crippen LogP contribution in [0.15, 0.2) is 23.3 Å². The Bertz CT molecular complexity index is 432. The van der Waals surface area contributed by atoms with Gasteiger partial charge in [0.05, 0.1) is 6.33 Å². The van der Waals surface area contributed by atoms with Crippen molar-refractivity contribution in [3.05, 3.63) is 24.6 Å². The van der Waals surface area contributed by atoms with Crippen molar-refractivity contribution in [1.82, 2.24) is 19.9 Å².